The summed E-state index contributed by atoms with van der Waals surface area (Å²) < 4.78 is 44.7. The van der Waals surface area contributed by atoms with Crippen molar-refractivity contribution in [2.75, 3.05) is 0 Å². The summed E-state index contributed by atoms with van der Waals surface area (Å²) in [6, 6.07) is 7.71. The lowest BCUT2D eigenvalue weighted by atomic mass is 10.1. The largest absolute Gasteiger partial charge is 0.435 e. The molecule has 0 radical (unpaired) electrons. The van der Waals surface area contributed by atoms with Crippen molar-refractivity contribution < 1.29 is 22.7 Å². The average Bonchev–Trinajstić information content (AvgIpc) is 3.12. The summed E-state index contributed by atoms with van der Waals surface area (Å²) in [6.07, 6.45) is 5.12. The van der Waals surface area contributed by atoms with E-state index < -0.39 is 12.4 Å². The Labute approximate surface area is 180 Å². The third-order valence-corrected chi connectivity index (χ3v) is 4.51. The number of fused-ring (bicyclic) bond motifs is 1. The molecule has 32 heavy (non-hydrogen) atoms. The number of benzene rings is 1. The first-order valence-corrected chi connectivity index (χ1v) is 9.67. The summed E-state index contributed by atoms with van der Waals surface area (Å²) in [5.41, 5.74) is 2.41. The standard InChI is InChI=1S/C22H18F3N5O2/c1-12(2)29-20(31)14-7-18-19(26-8-14)17(11-30(18)22-27-9-15(23)10-28-22)13-4-3-5-16(6-13)32-21(24)25/h3-12,21H,1-2H3,(H,29,31). The number of ether oxygens (including phenoxy) is 1. The third-order valence-electron chi connectivity index (χ3n) is 4.51. The highest BCUT2D eigenvalue weighted by atomic mass is 19.3. The van der Waals surface area contributed by atoms with Crippen molar-refractivity contribution in [3.05, 3.63) is 66.5 Å². The summed E-state index contributed by atoms with van der Waals surface area (Å²) in [7, 11) is 0. The molecule has 10 heteroatoms. The van der Waals surface area contributed by atoms with Crippen molar-refractivity contribution in [1.82, 2.24) is 24.8 Å². The van der Waals surface area contributed by atoms with Crippen LogP contribution < -0.4 is 10.1 Å². The van der Waals surface area contributed by atoms with E-state index in [1.807, 2.05) is 13.8 Å². The monoisotopic (exact) mass is 441 g/mol. The van der Waals surface area contributed by atoms with E-state index in [0.29, 0.717) is 27.7 Å². The second-order valence-electron chi connectivity index (χ2n) is 7.24. The number of alkyl halides is 2. The molecule has 3 heterocycles. The van der Waals surface area contributed by atoms with E-state index in [1.165, 1.54) is 18.3 Å². The topological polar surface area (TPSA) is 81.9 Å². The molecule has 4 rings (SSSR count). The van der Waals surface area contributed by atoms with Crippen LogP contribution in [0, 0.1) is 5.82 Å². The van der Waals surface area contributed by atoms with Gasteiger partial charge >= 0.3 is 6.61 Å². The van der Waals surface area contributed by atoms with Crippen LogP contribution >= 0.6 is 0 Å². The molecule has 3 aromatic heterocycles. The molecule has 0 saturated heterocycles. The fourth-order valence-electron chi connectivity index (χ4n) is 3.22. The molecule has 0 aliphatic carbocycles. The second kappa shape index (κ2) is 8.66. The number of nitrogens with zero attached hydrogens (tertiary/aromatic N) is 4. The minimum Gasteiger partial charge on any atom is -0.435 e. The van der Waals surface area contributed by atoms with Crippen LogP contribution in [0.4, 0.5) is 13.2 Å². The second-order valence-corrected chi connectivity index (χ2v) is 7.24. The van der Waals surface area contributed by atoms with Crippen molar-refractivity contribution in [1.29, 1.82) is 0 Å². The van der Waals surface area contributed by atoms with Crippen LogP contribution in [0.25, 0.3) is 28.1 Å². The maximum Gasteiger partial charge on any atom is 0.387 e. The van der Waals surface area contributed by atoms with Crippen LogP contribution in [0.5, 0.6) is 5.75 Å². The van der Waals surface area contributed by atoms with E-state index in [0.717, 1.165) is 12.4 Å². The van der Waals surface area contributed by atoms with Gasteiger partial charge in [0.15, 0.2) is 5.82 Å². The Morgan fingerprint density at radius 3 is 2.53 bits per heavy atom. The van der Waals surface area contributed by atoms with Gasteiger partial charge in [0.05, 0.1) is 29.0 Å². The molecule has 1 aromatic carbocycles. The van der Waals surface area contributed by atoms with Crippen molar-refractivity contribution in [3.63, 3.8) is 0 Å². The van der Waals surface area contributed by atoms with E-state index in [4.69, 9.17) is 0 Å². The highest BCUT2D eigenvalue weighted by Gasteiger charge is 2.18. The molecular formula is C22H18F3N5O2. The van der Waals surface area contributed by atoms with Crippen LogP contribution in [-0.2, 0) is 0 Å². The van der Waals surface area contributed by atoms with Crippen LogP contribution in [0.3, 0.4) is 0 Å². The third kappa shape index (κ3) is 4.39. The smallest absolute Gasteiger partial charge is 0.387 e. The first-order chi connectivity index (χ1) is 15.3. The van der Waals surface area contributed by atoms with Gasteiger partial charge in [-0.15, -0.1) is 0 Å². The highest BCUT2D eigenvalue weighted by molar-refractivity contribution is 6.00. The summed E-state index contributed by atoms with van der Waals surface area (Å²) in [5, 5.41) is 2.80. The summed E-state index contributed by atoms with van der Waals surface area (Å²) in [5.74, 6) is -0.760. The van der Waals surface area contributed by atoms with Gasteiger partial charge in [-0.1, -0.05) is 12.1 Å². The number of pyridine rings is 1. The minimum atomic E-state index is -2.96. The first-order valence-electron chi connectivity index (χ1n) is 9.67. The molecule has 0 aliphatic heterocycles. The molecule has 0 atom stereocenters. The van der Waals surface area contributed by atoms with Gasteiger partial charge in [-0.25, -0.2) is 14.4 Å². The SMILES string of the molecule is CC(C)NC(=O)c1cnc2c(-c3cccc(OC(F)F)c3)cn(-c3ncc(F)cn3)c2c1. The quantitative estimate of drug-likeness (QED) is 0.481. The molecule has 0 saturated carbocycles. The maximum absolute atomic E-state index is 13.4. The molecule has 4 aromatic rings. The summed E-state index contributed by atoms with van der Waals surface area (Å²) >= 11 is 0. The number of carbonyl (C=O) groups excluding carboxylic acids is 1. The zero-order chi connectivity index (χ0) is 22.8. The van der Waals surface area contributed by atoms with E-state index in [1.54, 1.807) is 29.0 Å². The van der Waals surface area contributed by atoms with Crippen molar-refractivity contribution in [2.24, 2.45) is 0 Å². The van der Waals surface area contributed by atoms with Crippen LogP contribution in [0.2, 0.25) is 0 Å². The number of hydrogen-bond acceptors (Lipinski definition) is 5. The Kier molecular flexibility index (Phi) is 5.76. The Morgan fingerprint density at radius 1 is 1.09 bits per heavy atom. The predicted octanol–water partition coefficient (Wildman–Crippen LogP) is 4.36. The van der Waals surface area contributed by atoms with Gasteiger partial charge in [0.2, 0.25) is 5.95 Å². The zero-order valence-electron chi connectivity index (χ0n) is 17.1. The van der Waals surface area contributed by atoms with Crippen molar-refractivity contribution in [3.8, 4) is 22.8 Å². The Hall–Kier alpha value is -3.95. The molecule has 1 N–H and O–H groups in total. The van der Waals surface area contributed by atoms with E-state index in [9.17, 15) is 18.0 Å². The van der Waals surface area contributed by atoms with Gasteiger partial charge in [0.1, 0.15) is 5.75 Å². The van der Waals surface area contributed by atoms with Gasteiger partial charge in [0.25, 0.3) is 5.91 Å². The Balaban J connectivity index is 1.89. The van der Waals surface area contributed by atoms with Gasteiger partial charge in [-0.05, 0) is 37.6 Å². The molecule has 0 unspecified atom stereocenters. The highest BCUT2D eigenvalue weighted by Crippen LogP contribution is 2.33. The number of halogens is 3. The molecule has 164 valence electrons. The van der Waals surface area contributed by atoms with Crippen molar-refractivity contribution in [2.45, 2.75) is 26.5 Å². The van der Waals surface area contributed by atoms with Gasteiger partial charge in [-0.3, -0.25) is 14.3 Å². The lowest BCUT2D eigenvalue weighted by Gasteiger charge is -2.09. The number of hydrogen-bond donors (Lipinski definition) is 1. The normalized spacial score (nSPS) is 11.3. The van der Waals surface area contributed by atoms with Gasteiger partial charge in [0, 0.05) is 24.0 Å². The predicted molar refractivity (Wildman–Crippen MR) is 111 cm³/mol. The van der Waals surface area contributed by atoms with Crippen LogP contribution in [0.1, 0.15) is 24.2 Å². The molecular weight excluding hydrogens is 423 g/mol. The van der Waals surface area contributed by atoms with Crippen LogP contribution in [0.15, 0.2) is 55.1 Å². The van der Waals surface area contributed by atoms with Gasteiger partial charge in [-0.2, -0.15) is 8.78 Å². The minimum absolute atomic E-state index is 0.00985. The number of nitrogens with one attached hydrogen (secondary N) is 1. The molecule has 1 amide bonds. The number of carbonyl (C=O) groups is 1. The fraction of sp³-hybridized carbons (Fsp3) is 0.182. The molecule has 0 bridgehead atoms. The van der Waals surface area contributed by atoms with E-state index >= 15 is 0 Å². The summed E-state index contributed by atoms with van der Waals surface area (Å²) in [6.45, 7) is 0.719. The van der Waals surface area contributed by atoms with Crippen LogP contribution in [-0.4, -0.2) is 38.1 Å². The number of amides is 1. The first kappa shape index (κ1) is 21.3. The molecule has 7 nitrogen and oxygen atoms in total. The summed E-state index contributed by atoms with van der Waals surface area (Å²) in [4.78, 5) is 24.9. The molecule has 0 spiro atoms. The average molecular weight is 441 g/mol. The lowest BCUT2D eigenvalue weighted by molar-refractivity contribution is -0.0498. The maximum atomic E-state index is 13.4. The van der Waals surface area contributed by atoms with Gasteiger partial charge < -0.3 is 10.1 Å². The lowest BCUT2D eigenvalue weighted by Crippen LogP contribution is -2.30. The Morgan fingerprint density at radius 2 is 1.84 bits per heavy atom. The zero-order valence-corrected chi connectivity index (χ0v) is 17.1. The molecule has 0 fully saturated rings. The number of aromatic nitrogens is 4. The van der Waals surface area contributed by atoms with E-state index in [2.05, 4.69) is 25.0 Å². The van der Waals surface area contributed by atoms with Crippen molar-refractivity contribution >= 4 is 16.9 Å². The molecule has 0 aliphatic rings. The number of rotatable bonds is 6. The fourth-order valence-corrected chi connectivity index (χ4v) is 3.22. The Bertz CT molecular complexity index is 1270. The van der Waals surface area contributed by atoms with E-state index in [-0.39, 0.29) is 23.6 Å².